The lowest BCUT2D eigenvalue weighted by Gasteiger charge is -2.13. The zero-order chi connectivity index (χ0) is 19.1. The van der Waals surface area contributed by atoms with Gasteiger partial charge in [-0.05, 0) is 37.0 Å². The third-order valence-corrected chi connectivity index (χ3v) is 4.48. The van der Waals surface area contributed by atoms with Crippen molar-refractivity contribution in [1.82, 2.24) is 15.2 Å². The highest BCUT2D eigenvalue weighted by Crippen LogP contribution is 2.32. The minimum absolute atomic E-state index is 0.484. The van der Waals surface area contributed by atoms with Gasteiger partial charge in [0.15, 0.2) is 5.82 Å². The number of nitrogens with zero attached hydrogens (tertiary/aromatic N) is 3. The maximum absolute atomic E-state index is 6.15. The van der Waals surface area contributed by atoms with Crippen LogP contribution < -0.4 is 15.4 Å². The molecule has 0 saturated heterocycles. The molecular weight excluding hydrogens is 362 g/mol. The fraction of sp³-hybridized carbons (Fsp3) is 0.250. The van der Waals surface area contributed by atoms with Crippen molar-refractivity contribution in [2.45, 2.75) is 19.8 Å². The predicted molar refractivity (Wildman–Crippen MR) is 109 cm³/mol. The van der Waals surface area contributed by atoms with Gasteiger partial charge in [-0.25, -0.2) is 0 Å². The summed E-state index contributed by atoms with van der Waals surface area (Å²) >= 11 is 6.15. The summed E-state index contributed by atoms with van der Waals surface area (Å²) in [4.78, 5) is 4.46. The standard InChI is InChI=1S/C20H22ClN5O/c1-14-11-17(18(27-2)12-16(14)21)24-19-13-23-26-20(25-19)22-10-6-9-15-7-4-3-5-8-15/h3-5,7-8,11-13H,6,9-10H2,1-2H3,(H2,22,24,25,26). The third-order valence-electron chi connectivity index (χ3n) is 4.07. The number of benzene rings is 2. The molecule has 2 N–H and O–H groups in total. The average Bonchev–Trinajstić information content (AvgIpc) is 2.69. The Morgan fingerprint density at radius 1 is 1.15 bits per heavy atom. The van der Waals surface area contributed by atoms with Gasteiger partial charge in [-0.1, -0.05) is 41.9 Å². The lowest BCUT2D eigenvalue weighted by Crippen LogP contribution is -2.08. The maximum atomic E-state index is 6.15. The molecule has 0 atom stereocenters. The van der Waals surface area contributed by atoms with Crippen molar-refractivity contribution in [2.75, 3.05) is 24.3 Å². The Balaban J connectivity index is 1.60. The Morgan fingerprint density at radius 2 is 1.96 bits per heavy atom. The molecule has 0 amide bonds. The van der Waals surface area contributed by atoms with Gasteiger partial charge >= 0.3 is 0 Å². The van der Waals surface area contributed by atoms with Gasteiger partial charge in [0.2, 0.25) is 5.95 Å². The molecule has 3 aromatic rings. The van der Waals surface area contributed by atoms with Crippen molar-refractivity contribution in [3.05, 3.63) is 64.8 Å². The van der Waals surface area contributed by atoms with E-state index < -0.39 is 0 Å². The summed E-state index contributed by atoms with van der Waals surface area (Å²) in [5.41, 5.74) is 3.04. The first-order valence-electron chi connectivity index (χ1n) is 8.74. The van der Waals surface area contributed by atoms with Crippen molar-refractivity contribution in [3.8, 4) is 5.75 Å². The molecule has 0 radical (unpaired) electrons. The van der Waals surface area contributed by atoms with Crippen LogP contribution in [-0.2, 0) is 6.42 Å². The van der Waals surface area contributed by atoms with Gasteiger partial charge in [0, 0.05) is 17.6 Å². The van der Waals surface area contributed by atoms with Crippen LogP contribution in [0.5, 0.6) is 5.75 Å². The summed E-state index contributed by atoms with van der Waals surface area (Å²) in [6, 6.07) is 14.1. The van der Waals surface area contributed by atoms with E-state index in [4.69, 9.17) is 16.3 Å². The molecule has 3 rings (SSSR count). The predicted octanol–water partition coefficient (Wildman–Crippen LogP) is 4.63. The number of ether oxygens (including phenoxy) is 1. The number of nitrogens with one attached hydrogen (secondary N) is 2. The molecule has 2 aromatic carbocycles. The van der Waals surface area contributed by atoms with Crippen molar-refractivity contribution in [2.24, 2.45) is 0 Å². The highest BCUT2D eigenvalue weighted by Gasteiger charge is 2.09. The van der Waals surface area contributed by atoms with Gasteiger partial charge in [0.1, 0.15) is 5.75 Å². The van der Waals surface area contributed by atoms with Gasteiger partial charge in [-0.3, -0.25) is 0 Å². The van der Waals surface area contributed by atoms with E-state index in [1.165, 1.54) is 5.56 Å². The van der Waals surface area contributed by atoms with Crippen LogP contribution in [0.15, 0.2) is 48.7 Å². The van der Waals surface area contributed by atoms with E-state index in [0.717, 1.165) is 30.6 Å². The smallest absolute Gasteiger partial charge is 0.244 e. The molecule has 0 fully saturated rings. The molecule has 7 heteroatoms. The largest absolute Gasteiger partial charge is 0.495 e. The summed E-state index contributed by atoms with van der Waals surface area (Å²) in [5, 5.41) is 15.1. The summed E-state index contributed by atoms with van der Waals surface area (Å²) in [5.74, 6) is 1.70. The van der Waals surface area contributed by atoms with E-state index in [0.29, 0.717) is 22.5 Å². The molecule has 27 heavy (non-hydrogen) atoms. The second-order valence-electron chi connectivity index (χ2n) is 6.11. The molecule has 0 spiro atoms. The molecule has 1 aromatic heterocycles. The zero-order valence-corrected chi connectivity index (χ0v) is 16.1. The fourth-order valence-corrected chi connectivity index (χ4v) is 2.80. The van der Waals surface area contributed by atoms with Crippen molar-refractivity contribution >= 4 is 29.1 Å². The van der Waals surface area contributed by atoms with E-state index in [9.17, 15) is 0 Å². The molecule has 0 unspecified atom stereocenters. The SMILES string of the molecule is COc1cc(Cl)c(C)cc1Nc1cnnc(NCCCc2ccccc2)n1. The number of anilines is 3. The topological polar surface area (TPSA) is 72.0 Å². The second-order valence-corrected chi connectivity index (χ2v) is 6.52. The Bertz CT molecular complexity index is 889. The third kappa shape index (κ3) is 5.31. The van der Waals surface area contributed by atoms with Crippen LogP contribution >= 0.6 is 11.6 Å². The summed E-state index contributed by atoms with van der Waals surface area (Å²) in [7, 11) is 1.60. The van der Waals surface area contributed by atoms with Crippen LogP contribution in [0.1, 0.15) is 17.5 Å². The van der Waals surface area contributed by atoms with Crippen LogP contribution in [0.2, 0.25) is 5.02 Å². The number of aromatic nitrogens is 3. The van der Waals surface area contributed by atoms with Crippen LogP contribution in [0.3, 0.4) is 0 Å². The highest BCUT2D eigenvalue weighted by atomic mass is 35.5. The van der Waals surface area contributed by atoms with Crippen molar-refractivity contribution in [3.63, 3.8) is 0 Å². The normalized spacial score (nSPS) is 10.5. The molecule has 6 nitrogen and oxygen atoms in total. The number of rotatable bonds is 8. The van der Waals surface area contributed by atoms with Crippen molar-refractivity contribution in [1.29, 1.82) is 0 Å². The molecule has 0 bridgehead atoms. The molecule has 1 heterocycles. The maximum Gasteiger partial charge on any atom is 0.244 e. The van der Waals surface area contributed by atoms with E-state index in [2.05, 4.69) is 50.1 Å². The van der Waals surface area contributed by atoms with Gasteiger partial charge in [0.05, 0.1) is 19.0 Å². The minimum atomic E-state index is 0.484. The quantitative estimate of drug-likeness (QED) is 0.552. The molecule has 0 aliphatic heterocycles. The average molecular weight is 384 g/mol. The summed E-state index contributed by atoms with van der Waals surface area (Å²) < 4.78 is 5.38. The number of aryl methyl sites for hydroxylation is 2. The van der Waals surface area contributed by atoms with E-state index in [1.807, 2.05) is 19.1 Å². The van der Waals surface area contributed by atoms with Gasteiger partial charge in [-0.15, -0.1) is 5.10 Å². The molecular formula is C20H22ClN5O. The molecule has 0 saturated carbocycles. The number of halogens is 1. The van der Waals surface area contributed by atoms with Crippen LogP contribution in [-0.4, -0.2) is 28.8 Å². The van der Waals surface area contributed by atoms with Crippen molar-refractivity contribution < 1.29 is 4.74 Å². The van der Waals surface area contributed by atoms with Gasteiger partial charge < -0.3 is 15.4 Å². The second kappa shape index (κ2) is 9.19. The first kappa shape index (κ1) is 18.9. The Morgan fingerprint density at radius 3 is 2.74 bits per heavy atom. The van der Waals surface area contributed by atoms with E-state index >= 15 is 0 Å². The first-order valence-corrected chi connectivity index (χ1v) is 9.12. The zero-order valence-electron chi connectivity index (χ0n) is 15.4. The van der Waals surface area contributed by atoms with Gasteiger partial charge in [0.25, 0.3) is 0 Å². The Labute approximate surface area is 164 Å². The first-order chi connectivity index (χ1) is 13.2. The van der Waals surface area contributed by atoms with Crippen LogP contribution in [0.4, 0.5) is 17.5 Å². The Hall–Kier alpha value is -2.86. The molecule has 140 valence electrons. The lowest BCUT2D eigenvalue weighted by molar-refractivity contribution is 0.416. The molecule has 0 aliphatic carbocycles. The molecule has 0 aliphatic rings. The summed E-state index contributed by atoms with van der Waals surface area (Å²) in [6.45, 7) is 2.70. The number of hydrogen-bond donors (Lipinski definition) is 2. The highest BCUT2D eigenvalue weighted by molar-refractivity contribution is 6.31. The summed E-state index contributed by atoms with van der Waals surface area (Å²) in [6.07, 6.45) is 3.55. The number of hydrogen-bond acceptors (Lipinski definition) is 6. The minimum Gasteiger partial charge on any atom is -0.495 e. The lowest BCUT2D eigenvalue weighted by atomic mass is 10.1. The van der Waals surface area contributed by atoms with Crippen LogP contribution in [0.25, 0.3) is 0 Å². The van der Waals surface area contributed by atoms with Gasteiger partial charge in [-0.2, -0.15) is 10.1 Å². The van der Waals surface area contributed by atoms with Crippen LogP contribution in [0, 0.1) is 6.92 Å². The monoisotopic (exact) mass is 383 g/mol. The van der Waals surface area contributed by atoms with E-state index in [-0.39, 0.29) is 0 Å². The number of methoxy groups -OCH3 is 1. The Kier molecular flexibility index (Phi) is 6.44. The fourth-order valence-electron chi connectivity index (χ4n) is 2.64. The van der Waals surface area contributed by atoms with E-state index in [1.54, 1.807) is 19.4 Å².